The van der Waals surface area contributed by atoms with Crippen LogP contribution in [0.25, 0.3) is 11.1 Å². The third-order valence-electron chi connectivity index (χ3n) is 5.45. The van der Waals surface area contributed by atoms with Crippen LogP contribution < -0.4 is 10.6 Å². The molecule has 2 aromatic carbocycles. The molecule has 2 aliphatic rings. The summed E-state index contributed by atoms with van der Waals surface area (Å²) in [4.78, 5) is 12.6. The van der Waals surface area contributed by atoms with Gasteiger partial charge in [-0.15, -0.1) is 0 Å². The van der Waals surface area contributed by atoms with E-state index in [1.807, 2.05) is 0 Å². The standard InChI is InChI=1S/C21H24N2O/c1-13(2)14-4-3-5-15(8-14)16-6-7-18-19(9-16)21(24)23-11-17-10-22-12-20(17)18/h3-9,13,17,20,22H,10-12H2,1-2H3,(H,23,24)/t17-,20+/m0/s1. The molecule has 2 heterocycles. The number of hydrogen-bond acceptors (Lipinski definition) is 2. The second-order valence-electron chi connectivity index (χ2n) is 7.32. The molecule has 24 heavy (non-hydrogen) atoms. The summed E-state index contributed by atoms with van der Waals surface area (Å²) in [7, 11) is 0. The monoisotopic (exact) mass is 320 g/mol. The molecule has 0 saturated carbocycles. The number of benzene rings is 2. The minimum absolute atomic E-state index is 0.0706. The van der Waals surface area contributed by atoms with Gasteiger partial charge in [0.2, 0.25) is 0 Å². The maximum absolute atomic E-state index is 12.6. The highest BCUT2D eigenvalue weighted by Gasteiger charge is 2.34. The highest BCUT2D eigenvalue weighted by molar-refractivity contribution is 5.97. The van der Waals surface area contributed by atoms with Crippen LogP contribution in [0.15, 0.2) is 42.5 Å². The number of rotatable bonds is 2. The average Bonchev–Trinajstić information content (AvgIpc) is 3.03. The van der Waals surface area contributed by atoms with Crippen molar-refractivity contribution in [3.8, 4) is 11.1 Å². The summed E-state index contributed by atoms with van der Waals surface area (Å²) in [5, 5.41) is 6.56. The normalized spacial score (nSPS) is 22.7. The molecule has 4 rings (SSSR count). The second kappa shape index (κ2) is 6.06. The summed E-state index contributed by atoms with van der Waals surface area (Å²) in [6.07, 6.45) is 0. The van der Waals surface area contributed by atoms with E-state index in [1.165, 1.54) is 16.7 Å². The molecule has 3 nitrogen and oxygen atoms in total. The fourth-order valence-electron chi connectivity index (χ4n) is 3.96. The van der Waals surface area contributed by atoms with Gasteiger partial charge >= 0.3 is 0 Å². The van der Waals surface area contributed by atoms with E-state index in [0.717, 1.165) is 30.8 Å². The van der Waals surface area contributed by atoms with E-state index in [1.54, 1.807) is 0 Å². The lowest BCUT2D eigenvalue weighted by atomic mass is 9.86. The maximum atomic E-state index is 12.6. The van der Waals surface area contributed by atoms with Gasteiger partial charge in [-0.1, -0.05) is 50.2 Å². The topological polar surface area (TPSA) is 41.1 Å². The summed E-state index contributed by atoms with van der Waals surface area (Å²) in [6.45, 7) is 7.13. The fourth-order valence-corrected chi connectivity index (χ4v) is 3.96. The number of fused-ring (bicyclic) bond motifs is 3. The van der Waals surface area contributed by atoms with Crippen LogP contribution in [0.2, 0.25) is 0 Å². The number of carbonyl (C=O) groups excluding carboxylic acids is 1. The van der Waals surface area contributed by atoms with Crippen LogP contribution in [-0.2, 0) is 0 Å². The molecular weight excluding hydrogens is 296 g/mol. The van der Waals surface area contributed by atoms with Crippen molar-refractivity contribution in [3.05, 3.63) is 59.2 Å². The Morgan fingerprint density at radius 1 is 1.00 bits per heavy atom. The highest BCUT2D eigenvalue weighted by Crippen LogP contribution is 2.35. The molecule has 0 aromatic heterocycles. The van der Waals surface area contributed by atoms with E-state index >= 15 is 0 Å². The third kappa shape index (κ3) is 2.63. The number of hydrogen-bond donors (Lipinski definition) is 2. The molecule has 2 atom stereocenters. The fraction of sp³-hybridized carbons (Fsp3) is 0.381. The Balaban J connectivity index is 1.78. The molecule has 0 unspecified atom stereocenters. The Morgan fingerprint density at radius 3 is 2.67 bits per heavy atom. The Kier molecular flexibility index (Phi) is 3.89. The molecule has 124 valence electrons. The largest absolute Gasteiger partial charge is 0.352 e. The van der Waals surface area contributed by atoms with Crippen LogP contribution in [0.1, 0.15) is 47.2 Å². The zero-order valence-corrected chi connectivity index (χ0v) is 14.3. The predicted octanol–water partition coefficient (Wildman–Crippen LogP) is 3.52. The first-order valence-electron chi connectivity index (χ1n) is 8.86. The molecular formula is C21H24N2O. The van der Waals surface area contributed by atoms with Crippen molar-refractivity contribution in [2.24, 2.45) is 5.92 Å². The molecule has 1 amide bonds. The molecule has 2 N–H and O–H groups in total. The summed E-state index contributed by atoms with van der Waals surface area (Å²) < 4.78 is 0. The van der Waals surface area contributed by atoms with Crippen molar-refractivity contribution < 1.29 is 4.79 Å². The van der Waals surface area contributed by atoms with Crippen molar-refractivity contribution >= 4 is 5.91 Å². The summed E-state index contributed by atoms with van der Waals surface area (Å²) in [6, 6.07) is 15.1. The number of amides is 1. The van der Waals surface area contributed by atoms with Gasteiger partial charge in [-0.25, -0.2) is 0 Å². The molecule has 0 bridgehead atoms. The molecule has 2 aromatic rings. The van der Waals surface area contributed by atoms with Gasteiger partial charge in [-0.3, -0.25) is 4.79 Å². The second-order valence-corrected chi connectivity index (χ2v) is 7.32. The first-order chi connectivity index (χ1) is 11.6. The lowest BCUT2D eigenvalue weighted by molar-refractivity contribution is 0.0952. The maximum Gasteiger partial charge on any atom is 0.251 e. The Hall–Kier alpha value is -2.13. The molecule has 2 aliphatic heterocycles. The molecule has 0 spiro atoms. The van der Waals surface area contributed by atoms with E-state index in [9.17, 15) is 4.79 Å². The third-order valence-corrected chi connectivity index (χ3v) is 5.45. The molecule has 1 saturated heterocycles. The van der Waals surface area contributed by atoms with Crippen LogP contribution in [0.4, 0.5) is 0 Å². The van der Waals surface area contributed by atoms with Gasteiger partial charge in [0, 0.05) is 31.1 Å². The Morgan fingerprint density at radius 2 is 1.83 bits per heavy atom. The highest BCUT2D eigenvalue weighted by atomic mass is 16.1. The predicted molar refractivity (Wildman–Crippen MR) is 97.4 cm³/mol. The molecule has 1 fully saturated rings. The first kappa shape index (κ1) is 15.4. The zero-order chi connectivity index (χ0) is 16.7. The molecule has 0 aliphatic carbocycles. The number of carbonyl (C=O) groups is 1. The smallest absolute Gasteiger partial charge is 0.251 e. The minimum atomic E-state index is 0.0706. The van der Waals surface area contributed by atoms with Crippen molar-refractivity contribution in [3.63, 3.8) is 0 Å². The quantitative estimate of drug-likeness (QED) is 0.889. The van der Waals surface area contributed by atoms with Crippen molar-refractivity contribution in [2.45, 2.75) is 25.7 Å². The minimum Gasteiger partial charge on any atom is -0.352 e. The van der Waals surface area contributed by atoms with Crippen LogP contribution in [0.3, 0.4) is 0 Å². The van der Waals surface area contributed by atoms with Gasteiger partial charge in [-0.05, 0) is 40.2 Å². The van der Waals surface area contributed by atoms with Gasteiger partial charge in [0.15, 0.2) is 0 Å². The Labute approximate surface area is 143 Å². The number of nitrogens with one attached hydrogen (secondary N) is 2. The van der Waals surface area contributed by atoms with Crippen molar-refractivity contribution in [1.29, 1.82) is 0 Å². The van der Waals surface area contributed by atoms with Crippen LogP contribution in [0, 0.1) is 5.92 Å². The van der Waals surface area contributed by atoms with Gasteiger partial charge in [0.1, 0.15) is 0 Å². The van der Waals surface area contributed by atoms with Crippen molar-refractivity contribution in [1.82, 2.24) is 10.6 Å². The molecule has 0 radical (unpaired) electrons. The van der Waals surface area contributed by atoms with Crippen LogP contribution in [0.5, 0.6) is 0 Å². The van der Waals surface area contributed by atoms with Crippen LogP contribution in [-0.4, -0.2) is 25.5 Å². The van der Waals surface area contributed by atoms with Gasteiger partial charge < -0.3 is 10.6 Å². The van der Waals surface area contributed by atoms with Gasteiger partial charge in [-0.2, -0.15) is 0 Å². The average molecular weight is 320 g/mol. The van der Waals surface area contributed by atoms with Gasteiger partial charge in [0.05, 0.1) is 0 Å². The van der Waals surface area contributed by atoms with Crippen molar-refractivity contribution in [2.75, 3.05) is 19.6 Å². The SMILES string of the molecule is CC(C)c1cccc(-c2ccc3c(c2)C(=O)NC[C@@H]2CNC[C@@H]32)c1. The summed E-state index contributed by atoms with van der Waals surface area (Å²) in [5.41, 5.74) is 5.67. The lowest BCUT2D eigenvalue weighted by Gasteiger charge is -2.17. The van der Waals surface area contributed by atoms with Crippen LogP contribution >= 0.6 is 0 Å². The van der Waals surface area contributed by atoms with E-state index in [4.69, 9.17) is 0 Å². The zero-order valence-electron chi connectivity index (χ0n) is 14.3. The van der Waals surface area contributed by atoms with E-state index in [0.29, 0.717) is 17.8 Å². The van der Waals surface area contributed by atoms with E-state index in [2.05, 4.69) is 66.9 Å². The lowest BCUT2D eigenvalue weighted by Crippen LogP contribution is -2.28. The van der Waals surface area contributed by atoms with Gasteiger partial charge in [0.25, 0.3) is 5.91 Å². The Bertz CT molecular complexity index is 781. The first-order valence-corrected chi connectivity index (χ1v) is 8.86. The summed E-state index contributed by atoms with van der Waals surface area (Å²) >= 11 is 0. The molecule has 3 heteroatoms. The van der Waals surface area contributed by atoms with E-state index in [-0.39, 0.29) is 5.91 Å². The van der Waals surface area contributed by atoms with E-state index < -0.39 is 0 Å². The summed E-state index contributed by atoms with van der Waals surface area (Å²) in [5.74, 6) is 1.51.